The molecule has 1 fully saturated rings. The Morgan fingerprint density at radius 3 is 2.67 bits per heavy atom. The smallest absolute Gasteiger partial charge is 0.335 e. The van der Waals surface area contributed by atoms with E-state index in [-0.39, 0.29) is 6.04 Å². The first kappa shape index (κ1) is 15.2. The molecule has 1 saturated heterocycles. The molecule has 4 heteroatoms. The van der Waals surface area contributed by atoms with Gasteiger partial charge < -0.3 is 15.7 Å². The first-order valence-corrected chi connectivity index (χ1v) is 8.57. The molecule has 3 N–H and O–H groups in total. The van der Waals surface area contributed by atoms with Gasteiger partial charge >= 0.3 is 5.97 Å². The predicted octanol–water partition coefficient (Wildman–Crippen LogP) is 3.90. The van der Waals surface area contributed by atoms with Gasteiger partial charge in [0.2, 0.25) is 0 Å². The number of carboxylic acids is 1. The highest BCUT2D eigenvalue weighted by molar-refractivity contribution is 5.87. The fourth-order valence-electron chi connectivity index (χ4n) is 4.12. The largest absolute Gasteiger partial charge is 0.478 e. The van der Waals surface area contributed by atoms with Crippen molar-refractivity contribution in [3.8, 4) is 0 Å². The van der Waals surface area contributed by atoms with Crippen LogP contribution < -0.4 is 10.6 Å². The molecule has 0 amide bonds. The molecule has 0 aromatic heterocycles. The van der Waals surface area contributed by atoms with E-state index in [1.54, 1.807) is 12.1 Å². The molecule has 0 spiro atoms. The van der Waals surface area contributed by atoms with Crippen LogP contribution in [0.2, 0.25) is 0 Å². The van der Waals surface area contributed by atoms with Crippen molar-refractivity contribution in [2.24, 2.45) is 5.92 Å². The Morgan fingerprint density at radius 1 is 1.12 bits per heavy atom. The number of rotatable bonds is 2. The predicted molar refractivity (Wildman–Crippen MR) is 94.4 cm³/mol. The third-order valence-electron chi connectivity index (χ3n) is 5.30. The van der Waals surface area contributed by atoms with E-state index in [0.29, 0.717) is 17.5 Å². The lowest BCUT2D eigenvalue weighted by Gasteiger charge is -2.44. The van der Waals surface area contributed by atoms with E-state index >= 15 is 0 Å². The molecule has 2 heterocycles. The van der Waals surface area contributed by atoms with Crippen LogP contribution in [-0.4, -0.2) is 17.6 Å². The Labute approximate surface area is 141 Å². The van der Waals surface area contributed by atoms with Crippen LogP contribution in [0.25, 0.3) is 0 Å². The van der Waals surface area contributed by atoms with Crippen LogP contribution >= 0.6 is 0 Å². The maximum absolute atomic E-state index is 11.1. The van der Waals surface area contributed by atoms with Gasteiger partial charge in [-0.15, -0.1) is 0 Å². The molecular weight excluding hydrogens is 300 g/mol. The molecule has 0 saturated carbocycles. The van der Waals surface area contributed by atoms with Gasteiger partial charge in [0, 0.05) is 17.6 Å². The van der Waals surface area contributed by atoms with E-state index in [2.05, 4.69) is 35.8 Å². The summed E-state index contributed by atoms with van der Waals surface area (Å²) in [6, 6.07) is 14.5. The molecule has 2 aromatic carbocycles. The molecule has 0 radical (unpaired) electrons. The van der Waals surface area contributed by atoms with Crippen molar-refractivity contribution in [3.05, 3.63) is 64.7 Å². The average Bonchev–Trinajstić information content (AvgIpc) is 2.61. The number of aryl methyl sites for hydroxylation is 1. The lowest BCUT2D eigenvalue weighted by molar-refractivity contribution is 0.0697. The Morgan fingerprint density at radius 2 is 1.92 bits per heavy atom. The third-order valence-corrected chi connectivity index (χ3v) is 5.30. The zero-order chi connectivity index (χ0) is 16.7. The highest BCUT2D eigenvalue weighted by Gasteiger charge is 2.38. The Hall–Kier alpha value is -2.33. The number of piperidine rings is 1. The molecule has 3 atom stereocenters. The monoisotopic (exact) mass is 322 g/mol. The number of benzene rings is 2. The molecule has 124 valence electrons. The van der Waals surface area contributed by atoms with Crippen molar-refractivity contribution in [3.63, 3.8) is 0 Å². The molecule has 2 aliphatic rings. The van der Waals surface area contributed by atoms with Gasteiger partial charge in [-0.05, 0) is 55.6 Å². The van der Waals surface area contributed by atoms with E-state index in [0.717, 1.165) is 12.1 Å². The summed E-state index contributed by atoms with van der Waals surface area (Å²) in [4.78, 5) is 11.1. The number of fused-ring (bicyclic) bond motifs is 3. The molecule has 2 aromatic rings. The maximum atomic E-state index is 11.1. The average molecular weight is 322 g/mol. The third kappa shape index (κ3) is 2.57. The molecule has 0 bridgehead atoms. The van der Waals surface area contributed by atoms with Crippen molar-refractivity contribution in [2.75, 3.05) is 11.9 Å². The lowest BCUT2D eigenvalue weighted by Crippen LogP contribution is -2.42. The van der Waals surface area contributed by atoms with E-state index in [1.165, 1.54) is 29.7 Å². The highest BCUT2D eigenvalue weighted by atomic mass is 16.4. The number of hydrogen-bond acceptors (Lipinski definition) is 3. The lowest BCUT2D eigenvalue weighted by atomic mass is 9.75. The van der Waals surface area contributed by atoms with Crippen LogP contribution in [0.5, 0.6) is 0 Å². The molecule has 0 unspecified atom stereocenters. The second-order valence-corrected chi connectivity index (χ2v) is 6.88. The van der Waals surface area contributed by atoms with Crippen LogP contribution in [0.15, 0.2) is 42.5 Å². The van der Waals surface area contributed by atoms with Gasteiger partial charge in [-0.1, -0.05) is 29.8 Å². The van der Waals surface area contributed by atoms with E-state index in [1.807, 2.05) is 12.1 Å². The fourth-order valence-corrected chi connectivity index (χ4v) is 4.12. The minimum atomic E-state index is -0.879. The Bertz CT molecular complexity index is 770. The number of aromatic carboxylic acids is 1. The Kier molecular flexibility index (Phi) is 3.77. The summed E-state index contributed by atoms with van der Waals surface area (Å²) < 4.78 is 0. The molecule has 4 nitrogen and oxygen atoms in total. The first-order chi connectivity index (χ1) is 11.6. The van der Waals surface area contributed by atoms with Gasteiger partial charge in [0.25, 0.3) is 0 Å². The van der Waals surface area contributed by atoms with Crippen molar-refractivity contribution < 1.29 is 9.90 Å². The van der Waals surface area contributed by atoms with Gasteiger partial charge in [0.1, 0.15) is 0 Å². The summed E-state index contributed by atoms with van der Waals surface area (Å²) in [6.45, 7) is 3.19. The van der Waals surface area contributed by atoms with Crippen LogP contribution in [-0.2, 0) is 0 Å². The van der Waals surface area contributed by atoms with Gasteiger partial charge in [0.15, 0.2) is 0 Å². The van der Waals surface area contributed by atoms with Crippen molar-refractivity contribution in [1.82, 2.24) is 5.32 Å². The summed E-state index contributed by atoms with van der Waals surface area (Å²) in [7, 11) is 0. The molecule has 24 heavy (non-hydrogen) atoms. The Balaban J connectivity index is 1.73. The molecular formula is C20H22N2O2. The van der Waals surface area contributed by atoms with Crippen molar-refractivity contribution >= 4 is 11.7 Å². The summed E-state index contributed by atoms with van der Waals surface area (Å²) >= 11 is 0. The summed E-state index contributed by atoms with van der Waals surface area (Å²) in [6.07, 6.45) is 2.34. The van der Waals surface area contributed by atoms with Crippen LogP contribution in [0, 0.1) is 12.8 Å². The number of carboxylic acid groups (broad SMARTS) is 1. The van der Waals surface area contributed by atoms with Crippen LogP contribution in [0.4, 0.5) is 5.69 Å². The van der Waals surface area contributed by atoms with Gasteiger partial charge in [-0.3, -0.25) is 0 Å². The molecule has 2 aliphatic heterocycles. The number of anilines is 1. The van der Waals surface area contributed by atoms with Crippen LogP contribution in [0.1, 0.15) is 52.0 Å². The van der Waals surface area contributed by atoms with E-state index < -0.39 is 5.97 Å². The summed E-state index contributed by atoms with van der Waals surface area (Å²) in [5, 5.41) is 16.5. The highest BCUT2D eigenvalue weighted by Crippen LogP contribution is 2.46. The van der Waals surface area contributed by atoms with Crippen molar-refractivity contribution in [1.29, 1.82) is 0 Å². The van der Waals surface area contributed by atoms with Crippen LogP contribution in [0.3, 0.4) is 0 Å². The summed E-state index contributed by atoms with van der Waals surface area (Å²) in [5.41, 5.74) is 5.32. The van der Waals surface area contributed by atoms with Gasteiger partial charge in [0.05, 0.1) is 11.6 Å². The second-order valence-electron chi connectivity index (χ2n) is 6.88. The fraction of sp³-hybridized carbons (Fsp3) is 0.350. The van der Waals surface area contributed by atoms with Gasteiger partial charge in [-0.2, -0.15) is 0 Å². The first-order valence-electron chi connectivity index (χ1n) is 8.57. The zero-order valence-electron chi connectivity index (χ0n) is 13.8. The van der Waals surface area contributed by atoms with Crippen molar-refractivity contribution in [2.45, 2.75) is 31.8 Å². The molecule has 4 rings (SSSR count). The number of hydrogen-bond donors (Lipinski definition) is 3. The topological polar surface area (TPSA) is 61.4 Å². The zero-order valence-corrected chi connectivity index (χ0v) is 13.8. The normalized spacial score (nSPS) is 25.3. The summed E-state index contributed by atoms with van der Waals surface area (Å²) in [5.74, 6) is -0.403. The minimum Gasteiger partial charge on any atom is -0.478 e. The second kappa shape index (κ2) is 5.95. The minimum absolute atomic E-state index is 0.209. The maximum Gasteiger partial charge on any atom is 0.335 e. The standard InChI is InChI=1S/C20H22N2O2/c1-12-4-9-17-16(11-12)19-15(3-2-10-21-19)18(22-17)13-5-7-14(8-6-13)20(23)24/h4-9,11,15,18-19,21-22H,2-3,10H2,1H3,(H,23,24)/t15-,18+,19+/m0/s1. The SMILES string of the molecule is Cc1ccc2c(c1)[C@@H]1NCCC[C@H]1[C@@H](c1ccc(C(=O)O)cc1)N2. The van der Waals surface area contributed by atoms with E-state index in [4.69, 9.17) is 5.11 Å². The number of nitrogens with one attached hydrogen (secondary N) is 2. The van der Waals surface area contributed by atoms with Gasteiger partial charge in [-0.25, -0.2) is 4.79 Å². The van der Waals surface area contributed by atoms with E-state index in [9.17, 15) is 4.79 Å². The molecule has 0 aliphatic carbocycles. The number of carbonyl (C=O) groups is 1. The quantitative estimate of drug-likeness (QED) is 0.785.